The van der Waals surface area contributed by atoms with E-state index in [-0.39, 0.29) is 12.5 Å². The summed E-state index contributed by atoms with van der Waals surface area (Å²) in [7, 11) is 0. The number of ether oxygens (including phenoxy) is 1. The Morgan fingerprint density at radius 3 is 2.71 bits per heavy atom. The maximum Gasteiger partial charge on any atom is 0.266 e. The molecule has 0 aliphatic rings. The van der Waals surface area contributed by atoms with Crippen molar-refractivity contribution in [3.63, 3.8) is 0 Å². The molecule has 0 saturated heterocycles. The van der Waals surface area contributed by atoms with E-state index >= 15 is 0 Å². The minimum Gasteiger partial charge on any atom is -0.484 e. The van der Waals surface area contributed by atoms with Crippen LogP contribution in [0.25, 0.3) is 10.1 Å². The molecule has 24 heavy (non-hydrogen) atoms. The number of rotatable bonds is 5. The molecule has 0 fully saturated rings. The number of fused-ring (bicyclic) bond motifs is 1. The molecule has 1 aromatic heterocycles. The Morgan fingerprint density at radius 1 is 1.17 bits per heavy atom. The minimum absolute atomic E-state index is 0.166. The van der Waals surface area contributed by atoms with Crippen LogP contribution in [0.15, 0.2) is 48.5 Å². The zero-order valence-corrected chi connectivity index (χ0v) is 13.9. The average molecular weight is 340 g/mol. The second kappa shape index (κ2) is 6.72. The number of anilines is 1. The molecule has 0 radical (unpaired) electrons. The summed E-state index contributed by atoms with van der Waals surface area (Å²) in [6.45, 7) is 1.74. The van der Waals surface area contributed by atoms with Crippen LogP contribution < -0.4 is 15.8 Å². The number of benzene rings is 2. The van der Waals surface area contributed by atoms with Gasteiger partial charge in [-0.15, -0.1) is 11.3 Å². The van der Waals surface area contributed by atoms with Gasteiger partial charge in [-0.25, -0.2) is 0 Å². The van der Waals surface area contributed by atoms with Crippen LogP contribution in [0.2, 0.25) is 0 Å². The van der Waals surface area contributed by atoms with Crippen LogP contribution in [0.4, 0.5) is 5.69 Å². The van der Waals surface area contributed by atoms with E-state index in [1.165, 1.54) is 11.3 Å². The molecule has 0 aliphatic heterocycles. The molecule has 122 valence electrons. The lowest BCUT2D eigenvalue weighted by atomic mass is 10.1. The maximum atomic E-state index is 12.6. The quantitative estimate of drug-likeness (QED) is 0.747. The van der Waals surface area contributed by atoms with Crippen LogP contribution in [-0.4, -0.2) is 18.4 Å². The number of carbonyl (C=O) groups excluding carboxylic acids is 2. The van der Waals surface area contributed by atoms with Gasteiger partial charge in [-0.05, 0) is 36.1 Å². The zero-order valence-electron chi connectivity index (χ0n) is 13.0. The van der Waals surface area contributed by atoms with E-state index in [4.69, 9.17) is 10.5 Å². The first kappa shape index (κ1) is 16.0. The molecule has 0 atom stereocenters. The van der Waals surface area contributed by atoms with Crippen molar-refractivity contribution in [2.75, 3.05) is 11.9 Å². The van der Waals surface area contributed by atoms with Crippen LogP contribution in [0.1, 0.15) is 15.2 Å². The molecule has 3 rings (SSSR count). The summed E-state index contributed by atoms with van der Waals surface area (Å²) in [5.41, 5.74) is 6.62. The van der Waals surface area contributed by atoms with Crippen LogP contribution in [0.3, 0.4) is 0 Å². The van der Waals surface area contributed by atoms with Crippen molar-refractivity contribution in [3.05, 3.63) is 59.0 Å². The fourth-order valence-electron chi connectivity index (χ4n) is 2.40. The first-order chi connectivity index (χ1) is 11.5. The molecular formula is C18H16N2O3S. The predicted molar refractivity (Wildman–Crippen MR) is 95.6 cm³/mol. The lowest BCUT2D eigenvalue weighted by Gasteiger charge is -2.08. The van der Waals surface area contributed by atoms with Gasteiger partial charge < -0.3 is 15.8 Å². The lowest BCUT2D eigenvalue weighted by Crippen LogP contribution is -2.20. The molecule has 3 aromatic rings. The predicted octanol–water partition coefficient (Wildman–Crippen LogP) is 3.33. The molecule has 0 unspecified atom stereocenters. The Hall–Kier alpha value is -2.86. The highest BCUT2D eigenvalue weighted by atomic mass is 32.1. The van der Waals surface area contributed by atoms with E-state index < -0.39 is 5.91 Å². The standard InChI is InChI=1S/C18H16N2O3S/c1-11-14-7-2-3-8-15(14)24-17(11)18(22)20-12-5-4-6-13(9-12)23-10-16(19)21/h2-9H,10H2,1H3,(H2,19,21)(H,20,22). The summed E-state index contributed by atoms with van der Waals surface area (Å²) in [5.74, 6) is -0.245. The van der Waals surface area contributed by atoms with Crippen LogP contribution in [-0.2, 0) is 4.79 Å². The Kier molecular flexibility index (Phi) is 4.48. The van der Waals surface area contributed by atoms with Gasteiger partial charge in [-0.3, -0.25) is 9.59 Å². The highest BCUT2D eigenvalue weighted by molar-refractivity contribution is 7.21. The number of hydrogen-bond donors (Lipinski definition) is 2. The topological polar surface area (TPSA) is 81.4 Å². The van der Waals surface area contributed by atoms with Crippen molar-refractivity contribution >= 4 is 38.9 Å². The molecule has 2 amide bonds. The molecular weight excluding hydrogens is 324 g/mol. The van der Waals surface area contributed by atoms with Gasteiger partial charge in [0, 0.05) is 16.5 Å². The first-order valence-corrected chi connectivity index (χ1v) is 8.17. The average Bonchev–Trinajstić information content (AvgIpc) is 2.91. The Balaban J connectivity index is 1.80. The number of nitrogens with one attached hydrogen (secondary N) is 1. The number of hydrogen-bond acceptors (Lipinski definition) is 4. The van der Waals surface area contributed by atoms with E-state index in [9.17, 15) is 9.59 Å². The molecule has 3 N–H and O–H groups in total. The number of primary amides is 1. The number of nitrogens with two attached hydrogens (primary N) is 1. The summed E-state index contributed by atoms with van der Waals surface area (Å²) >= 11 is 1.47. The summed E-state index contributed by atoms with van der Waals surface area (Å²) in [4.78, 5) is 24.0. The SMILES string of the molecule is Cc1c(C(=O)Nc2cccc(OCC(N)=O)c2)sc2ccccc12. The number of thiophene rings is 1. The van der Waals surface area contributed by atoms with Crippen molar-refractivity contribution in [2.45, 2.75) is 6.92 Å². The fourth-order valence-corrected chi connectivity index (χ4v) is 3.50. The van der Waals surface area contributed by atoms with Crippen LogP contribution in [0.5, 0.6) is 5.75 Å². The number of carbonyl (C=O) groups is 2. The summed E-state index contributed by atoms with van der Waals surface area (Å²) in [6.07, 6.45) is 0. The maximum absolute atomic E-state index is 12.6. The monoisotopic (exact) mass is 340 g/mol. The van der Waals surface area contributed by atoms with Gasteiger partial charge >= 0.3 is 0 Å². The van der Waals surface area contributed by atoms with E-state index in [0.717, 1.165) is 15.6 Å². The molecule has 1 heterocycles. The number of aryl methyl sites for hydroxylation is 1. The number of amides is 2. The molecule has 0 saturated carbocycles. The molecule has 0 spiro atoms. The van der Waals surface area contributed by atoms with Gasteiger partial charge in [0.1, 0.15) is 5.75 Å². The Morgan fingerprint density at radius 2 is 1.96 bits per heavy atom. The van der Waals surface area contributed by atoms with Crippen molar-refractivity contribution in [3.8, 4) is 5.75 Å². The van der Waals surface area contributed by atoms with E-state index in [1.807, 2.05) is 31.2 Å². The van der Waals surface area contributed by atoms with E-state index in [1.54, 1.807) is 24.3 Å². The summed E-state index contributed by atoms with van der Waals surface area (Å²) in [5, 5.41) is 3.95. The summed E-state index contributed by atoms with van der Waals surface area (Å²) in [6, 6.07) is 14.8. The van der Waals surface area contributed by atoms with Gasteiger partial charge in [0.2, 0.25) is 0 Å². The first-order valence-electron chi connectivity index (χ1n) is 7.35. The van der Waals surface area contributed by atoms with Crippen molar-refractivity contribution in [2.24, 2.45) is 5.73 Å². The summed E-state index contributed by atoms with van der Waals surface area (Å²) < 4.78 is 6.33. The van der Waals surface area contributed by atoms with Crippen LogP contribution >= 0.6 is 11.3 Å². The van der Waals surface area contributed by atoms with Gasteiger partial charge in [0.25, 0.3) is 11.8 Å². The lowest BCUT2D eigenvalue weighted by molar-refractivity contribution is -0.119. The highest BCUT2D eigenvalue weighted by Gasteiger charge is 2.15. The molecule has 5 nitrogen and oxygen atoms in total. The van der Waals surface area contributed by atoms with Crippen molar-refractivity contribution < 1.29 is 14.3 Å². The van der Waals surface area contributed by atoms with Crippen molar-refractivity contribution in [1.29, 1.82) is 0 Å². The normalized spacial score (nSPS) is 10.5. The third kappa shape index (κ3) is 3.38. The molecule has 6 heteroatoms. The van der Waals surface area contributed by atoms with Gasteiger partial charge in [0.15, 0.2) is 6.61 Å². The smallest absolute Gasteiger partial charge is 0.266 e. The second-order valence-corrected chi connectivity index (χ2v) is 6.34. The third-order valence-electron chi connectivity index (χ3n) is 3.52. The fraction of sp³-hybridized carbons (Fsp3) is 0.111. The Labute approximate surface area is 143 Å². The largest absolute Gasteiger partial charge is 0.484 e. The molecule has 0 bridgehead atoms. The minimum atomic E-state index is -0.551. The van der Waals surface area contributed by atoms with Gasteiger partial charge in [-0.2, -0.15) is 0 Å². The second-order valence-electron chi connectivity index (χ2n) is 5.29. The zero-order chi connectivity index (χ0) is 17.1. The highest BCUT2D eigenvalue weighted by Crippen LogP contribution is 2.31. The molecule has 0 aliphatic carbocycles. The van der Waals surface area contributed by atoms with Gasteiger partial charge in [-0.1, -0.05) is 24.3 Å². The molecule has 2 aromatic carbocycles. The van der Waals surface area contributed by atoms with Crippen molar-refractivity contribution in [1.82, 2.24) is 0 Å². The van der Waals surface area contributed by atoms with Gasteiger partial charge in [0.05, 0.1) is 4.88 Å². The van der Waals surface area contributed by atoms with E-state index in [0.29, 0.717) is 16.3 Å². The van der Waals surface area contributed by atoms with E-state index in [2.05, 4.69) is 5.32 Å². The third-order valence-corrected chi connectivity index (χ3v) is 4.79. The Bertz CT molecular complexity index is 918. The van der Waals surface area contributed by atoms with Crippen LogP contribution in [0, 0.1) is 6.92 Å².